The minimum Gasteiger partial charge on any atom is -0.488 e. The fourth-order valence-corrected chi connectivity index (χ4v) is 2.58. The summed E-state index contributed by atoms with van der Waals surface area (Å²) in [7, 11) is 0. The first-order valence-electron chi connectivity index (χ1n) is 5.18. The van der Waals surface area contributed by atoms with Gasteiger partial charge in [-0.2, -0.15) is 0 Å². The number of ether oxygens (including phenoxy) is 1. The SMILES string of the molecule is Fc1cc(OCc2ccc(F)c(Br)c2)c(Br)cc1Cl. The van der Waals surface area contributed by atoms with E-state index in [4.69, 9.17) is 16.3 Å². The zero-order valence-corrected chi connectivity index (χ0v) is 13.3. The Morgan fingerprint density at radius 2 is 1.74 bits per heavy atom. The fraction of sp³-hybridized carbons (Fsp3) is 0.0769. The summed E-state index contributed by atoms with van der Waals surface area (Å²) in [6, 6.07) is 7.16. The standard InChI is InChI=1S/C13H7Br2ClF2O/c14-8-3-7(1-2-11(8)17)6-19-13-5-12(18)10(16)4-9(13)15/h1-5H,6H2. The van der Waals surface area contributed by atoms with Crippen molar-refractivity contribution in [3.05, 3.63) is 61.5 Å². The number of halogens is 5. The lowest BCUT2D eigenvalue weighted by Crippen LogP contribution is -1.97. The van der Waals surface area contributed by atoms with Crippen LogP contribution in [0.2, 0.25) is 5.02 Å². The van der Waals surface area contributed by atoms with Crippen LogP contribution in [0.4, 0.5) is 8.78 Å². The zero-order valence-electron chi connectivity index (χ0n) is 9.39. The zero-order chi connectivity index (χ0) is 14.0. The molecule has 0 saturated carbocycles. The van der Waals surface area contributed by atoms with E-state index < -0.39 is 5.82 Å². The van der Waals surface area contributed by atoms with Gasteiger partial charge in [0.1, 0.15) is 24.0 Å². The normalized spacial score (nSPS) is 10.6. The van der Waals surface area contributed by atoms with Crippen LogP contribution >= 0.6 is 43.5 Å². The third kappa shape index (κ3) is 3.68. The van der Waals surface area contributed by atoms with Crippen LogP contribution < -0.4 is 4.74 Å². The molecule has 0 aliphatic heterocycles. The maximum absolute atomic E-state index is 13.3. The summed E-state index contributed by atoms with van der Waals surface area (Å²) < 4.78 is 32.8. The Bertz CT molecular complexity index is 620. The van der Waals surface area contributed by atoms with Crippen molar-refractivity contribution in [2.24, 2.45) is 0 Å². The molecule has 0 unspecified atom stereocenters. The van der Waals surface area contributed by atoms with Gasteiger partial charge < -0.3 is 4.74 Å². The molecule has 100 valence electrons. The highest BCUT2D eigenvalue weighted by molar-refractivity contribution is 9.10. The average molecular weight is 412 g/mol. The van der Waals surface area contributed by atoms with Gasteiger partial charge in [-0.3, -0.25) is 0 Å². The molecule has 1 nitrogen and oxygen atoms in total. The number of hydrogen-bond acceptors (Lipinski definition) is 1. The van der Waals surface area contributed by atoms with E-state index in [1.54, 1.807) is 12.1 Å². The van der Waals surface area contributed by atoms with Crippen molar-refractivity contribution >= 4 is 43.5 Å². The summed E-state index contributed by atoms with van der Waals surface area (Å²) in [5.41, 5.74) is 0.760. The van der Waals surface area contributed by atoms with Crippen LogP contribution in [0.1, 0.15) is 5.56 Å². The predicted molar refractivity (Wildman–Crippen MR) is 77.5 cm³/mol. The molecule has 19 heavy (non-hydrogen) atoms. The molecule has 6 heteroatoms. The molecule has 0 spiro atoms. The van der Waals surface area contributed by atoms with Gasteiger partial charge in [0.15, 0.2) is 0 Å². The molecule has 0 amide bonds. The van der Waals surface area contributed by atoms with Gasteiger partial charge in [0.05, 0.1) is 14.0 Å². The number of hydrogen-bond donors (Lipinski definition) is 0. The number of benzene rings is 2. The topological polar surface area (TPSA) is 9.23 Å². The second-order valence-corrected chi connectivity index (χ2v) is 5.85. The molecule has 0 radical (unpaired) electrons. The van der Waals surface area contributed by atoms with Crippen LogP contribution in [-0.4, -0.2) is 0 Å². The van der Waals surface area contributed by atoms with Gasteiger partial charge in [-0.15, -0.1) is 0 Å². The van der Waals surface area contributed by atoms with Gasteiger partial charge in [-0.25, -0.2) is 8.78 Å². The quantitative estimate of drug-likeness (QED) is 0.586. The van der Waals surface area contributed by atoms with Crippen molar-refractivity contribution in [3.63, 3.8) is 0 Å². The molecule has 0 atom stereocenters. The minimum atomic E-state index is -0.555. The van der Waals surface area contributed by atoms with E-state index in [-0.39, 0.29) is 17.4 Å². The maximum atomic E-state index is 13.3. The van der Waals surface area contributed by atoms with Gasteiger partial charge in [0.2, 0.25) is 0 Å². The Morgan fingerprint density at radius 3 is 2.42 bits per heavy atom. The van der Waals surface area contributed by atoms with E-state index in [0.29, 0.717) is 14.7 Å². The van der Waals surface area contributed by atoms with Crippen LogP contribution in [0.15, 0.2) is 39.3 Å². The summed E-state index contributed by atoms with van der Waals surface area (Å²) in [6.07, 6.45) is 0. The molecule has 0 aromatic heterocycles. The van der Waals surface area contributed by atoms with Crippen LogP contribution in [0.3, 0.4) is 0 Å². The highest BCUT2D eigenvalue weighted by Crippen LogP contribution is 2.31. The first-order chi connectivity index (χ1) is 8.97. The van der Waals surface area contributed by atoms with Crippen molar-refractivity contribution in [2.45, 2.75) is 6.61 Å². The van der Waals surface area contributed by atoms with E-state index in [9.17, 15) is 8.78 Å². The summed E-state index contributed by atoms with van der Waals surface area (Å²) >= 11 is 12.0. The highest BCUT2D eigenvalue weighted by Gasteiger charge is 2.08. The molecule has 0 saturated heterocycles. The average Bonchev–Trinajstić information content (AvgIpc) is 2.36. The van der Waals surface area contributed by atoms with Crippen molar-refractivity contribution in [1.82, 2.24) is 0 Å². The Kier molecular flexibility index (Phi) is 4.81. The summed E-state index contributed by atoms with van der Waals surface area (Å²) in [5.74, 6) is -0.565. The van der Waals surface area contributed by atoms with E-state index >= 15 is 0 Å². The summed E-state index contributed by atoms with van der Waals surface area (Å²) in [6.45, 7) is 0.193. The Labute approximate surface area is 130 Å². The third-order valence-corrected chi connectivity index (χ3v) is 3.87. The van der Waals surface area contributed by atoms with Crippen molar-refractivity contribution < 1.29 is 13.5 Å². The molecule has 0 fully saturated rings. The van der Waals surface area contributed by atoms with E-state index in [1.165, 1.54) is 18.2 Å². The number of rotatable bonds is 3. The fourth-order valence-electron chi connectivity index (χ4n) is 1.41. The van der Waals surface area contributed by atoms with Crippen molar-refractivity contribution in [1.29, 1.82) is 0 Å². The van der Waals surface area contributed by atoms with Gasteiger partial charge in [-0.1, -0.05) is 17.7 Å². The molecule has 0 aliphatic rings. The lowest BCUT2D eigenvalue weighted by atomic mass is 10.2. The minimum absolute atomic E-state index is 0.0174. The Balaban J connectivity index is 2.14. The predicted octanol–water partition coefficient (Wildman–Crippen LogP) is 5.72. The second kappa shape index (κ2) is 6.20. The van der Waals surface area contributed by atoms with E-state index in [1.807, 2.05) is 0 Å². The largest absolute Gasteiger partial charge is 0.488 e. The highest BCUT2D eigenvalue weighted by atomic mass is 79.9. The van der Waals surface area contributed by atoms with Gasteiger partial charge >= 0.3 is 0 Å². The van der Waals surface area contributed by atoms with Crippen LogP contribution in [-0.2, 0) is 6.61 Å². The Hall–Kier alpha value is -0.650. The monoisotopic (exact) mass is 410 g/mol. The van der Waals surface area contributed by atoms with Crippen molar-refractivity contribution in [2.75, 3.05) is 0 Å². The first kappa shape index (κ1) is 14.8. The molecule has 2 aromatic carbocycles. The Morgan fingerprint density at radius 1 is 1.00 bits per heavy atom. The molecule has 0 aliphatic carbocycles. The third-order valence-electron chi connectivity index (χ3n) is 2.35. The van der Waals surface area contributed by atoms with Gasteiger partial charge in [-0.05, 0) is 55.6 Å². The molecular formula is C13H7Br2ClF2O. The van der Waals surface area contributed by atoms with E-state index in [2.05, 4.69) is 31.9 Å². The smallest absolute Gasteiger partial charge is 0.145 e. The molecule has 0 heterocycles. The molecule has 0 N–H and O–H groups in total. The van der Waals surface area contributed by atoms with Crippen LogP contribution in [0, 0.1) is 11.6 Å². The lowest BCUT2D eigenvalue weighted by Gasteiger charge is -2.09. The van der Waals surface area contributed by atoms with Crippen molar-refractivity contribution in [3.8, 4) is 5.75 Å². The lowest BCUT2D eigenvalue weighted by molar-refractivity contribution is 0.302. The van der Waals surface area contributed by atoms with Crippen LogP contribution in [0.25, 0.3) is 0 Å². The first-order valence-corrected chi connectivity index (χ1v) is 7.15. The maximum Gasteiger partial charge on any atom is 0.145 e. The molecule has 2 aromatic rings. The van der Waals surface area contributed by atoms with Gasteiger partial charge in [0, 0.05) is 6.07 Å². The summed E-state index contributed by atoms with van der Waals surface area (Å²) in [5, 5.41) is 0.0174. The van der Waals surface area contributed by atoms with Crippen LogP contribution in [0.5, 0.6) is 5.75 Å². The molecular weight excluding hydrogens is 405 g/mol. The summed E-state index contributed by atoms with van der Waals surface area (Å²) in [4.78, 5) is 0. The van der Waals surface area contributed by atoms with E-state index in [0.717, 1.165) is 5.56 Å². The van der Waals surface area contributed by atoms with Gasteiger partial charge in [0.25, 0.3) is 0 Å². The molecule has 0 bridgehead atoms. The second-order valence-electron chi connectivity index (χ2n) is 3.73. The molecule has 2 rings (SSSR count).